The van der Waals surface area contributed by atoms with E-state index in [1.807, 2.05) is 42.5 Å². The monoisotopic (exact) mass is 228 g/mol. The minimum atomic E-state index is -0.824. The third-order valence-corrected chi connectivity index (χ3v) is 2.49. The number of carbonyl (C=O) groups is 2. The predicted octanol–water partition coefficient (Wildman–Crippen LogP) is 1.58. The summed E-state index contributed by atoms with van der Waals surface area (Å²) in [6, 6.07) is 12.7. The normalized spacial score (nSPS) is 10.1. The van der Waals surface area contributed by atoms with Crippen molar-refractivity contribution in [2.45, 2.75) is 6.42 Å². The summed E-state index contributed by atoms with van der Waals surface area (Å²) in [5.74, 6) is -0.395. The van der Waals surface area contributed by atoms with Crippen molar-refractivity contribution in [3.05, 3.63) is 48.0 Å². The number of nitrogens with one attached hydrogen (secondary N) is 1. The van der Waals surface area contributed by atoms with Gasteiger partial charge in [-0.1, -0.05) is 42.5 Å². The highest BCUT2D eigenvalue weighted by atomic mass is 16.2. The summed E-state index contributed by atoms with van der Waals surface area (Å²) in [5, 5.41) is 4.13. The molecule has 2 aromatic carbocycles. The Hall–Kier alpha value is -2.36. The predicted molar refractivity (Wildman–Crippen MR) is 65.4 cm³/mol. The molecule has 0 aliphatic heterocycles. The molecule has 3 N–H and O–H groups in total. The molecule has 17 heavy (non-hydrogen) atoms. The lowest BCUT2D eigenvalue weighted by molar-refractivity contribution is -0.119. The van der Waals surface area contributed by atoms with Gasteiger partial charge in [-0.2, -0.15) is 0 Å². The largest absolute Gasteiger partial charge is 0.351 e. The minimum absolute atomic E-state index is 0.143. The second kappa shape index (κ2) is 4.65. The second-order valence-corrected chi connectivity index (χ2v) is 3.73. The SMILES string of the molecule is NC(=O)NC(=O)Cc1cccc2ccccc12. The van der Waals surface area contributed by atoms with Gasteiger partial charge < -0.3 is 5.73 Å². The van der Waals surface area contributed by atoms with E-state index in [4.69, 9.17) is 5.73 Å². The van der Waals surface area contributed by atoms with Crippen LogP contribution in [-0.4, -0.2) is 11.9 Å². The number of hydrogen-bond acceptors (Lipinski definition) is 2. The lowest BCUT2D eigenvalue weighted by Gasteiger charge is -2.05. The van der Waals surface area contributed by atoms with Crippen LogP contribution in [-0.2, 0) is 11.2 Å². The number of urea groups is 1. The van der Waals surface area contributed by atoms with Crippen molar-refractivity contribution >= 4 is 22.7 Å². The molecule has 0 atom stereocenters. The van der Waals surface area contributed by atoms with E-state index < -0.39 is 11.9 Å². The first-order chi connectivity index (χ1) is 8.16. The molecule has 0 aromatic heterocycles. The number of imide groups is 1. The number of carbonyl (C=O) groups excluding carboxylic acids is 2. The van der Waals surface area contributed by atoms with Crippen LogP contribution in [0, 0.1) is 0 Å². The van der Waals surface area contributed by atoms with Crippen molar-refractivity contribution in [1.82, 2.24) is 5.32 Å². The molecule has 4 nitrogen and oxygen atoms in total. The fraction of sp³-hybridized carbons (Fsp3) is 0.0769. The van der Waals surface area contributed by atoms with Gasteiger partial charge in [0.05, 0.1) is 6.42 Å². The molecule has 0 fully saturated rings. The van der Waals surface area contributed by atoms with Crippen LogP contribution in [0.1, 0.15) is 5.56 Å². The topological polar surface area (TPSA) is 72.2 Å². The summed E-state index contributed by atoms with van der Waals surface area (Å²) < 4.78 is 0. The van der Waals surface area contributed by atoms with E-state index in [0.29, 0.717) is 0 Å². The molecule has 0 saturated carbocycles. The molecule has 3 amide bonds. The van der Waals surface area contributed by atoms with Crippen LogP contribution in [0.25, 0.3) is 10.8 Å². The Morgan fingerprint density at radius 1 is 1.06 bits per heavy atom. The lowest BCUT2D eigenvalue weighted by Crippen LogP contribution is -2.35. The molecule has 0 bridgehead atoms. The summed E-state index contributed by atoms with van der Waals surface area (Å²) >= 11 is 0. The van der Waals surface area contributed by atoms with Gasteiger partial charge in [0, 0.05) is 0 Å². The summed E-state index contributed by atoms with van der Waals surface area (Å²) in [4.78, 5) is 22.0. The van der Waals surface area contributed by atoms with Crippen molar-refractivity contribution in [1.29, 1.82) is 0 Å². The van der Waals surface area contributed by atoms with Gasteiger partial charge in [-0.05, 0) is 16.3 Å². The van der Waals surface area contributed by atoms with Crippen LogP contribution in [0.3, 0.4) is 0 Å². The molecular weight excluding hydrogens is 216 g/mol. The molecule has 0 heterocycles. The van der Waals surface area contributed by atoms with E-state index in [0.717, 1.165) is 16.3 Å². The number of hydrogen-bond donors (Lipinski definition) is 2. The van der Waals surface area contributed by atoms with Crippen molar-refractivity contribution in [3.63, 3.8) is 0 Å². The molecule has 0 radical (unpaired) electrons. The average Bonchev–Trinajstić information content (AvgIpc) is 2.28. The number of fused-ring (bicyclic) bond motifs is 1. The average molecular weight is 228 g/mol. The molecule has 0 spiro atoms. The molecule has 0 aliphatic carbocycles. The van der Waals surface area contributed by atoms with Crippen LogP contribution in [0.5, 0.6) is 0 Å². The van der Waals surface area contributed by atoms with Crippen molar-refractivity contribution < 1.29 is 9.59 Å². The maximum absolute atomic E-state index is 11.5. The Bertz CT molecular complexity index is 573. The zero-order valence-electron chi connectivity index (χ0n) is 9.14. The summed E-state index contributed by atoms with van der Waals surface area (Å²) in [6.45, 7) is 0. The third-order valence-electron chi connectivity index (χ3n) is 2.49. The second-order valence-electron chi connectivity index (χ2n) is 3.73. The molecule has 86 valence electrons. The van der Waals surface area contributed by atoms with E-state index in [1.165, 1.54) is 0 Å². The molecule has 0 unspecified atom stereocenters. The maximum Gasteiger partial charge on any atom is 0.318 e. The number of nitrogens with two attached hydrogens (primary N) is 1. The van der Waals surface area contributed by atoms with E-state index in [-0.39, 0.29) is 6.42 Å². The standard InChI is InChI=1S/C13H12N2O2/c14-13(17)15-12(16)8-10-6-3-5-9-4-1-2-7-11(9)10/h1-7H,8H2,(H3,14,15,16,17). The van der Waals surface area contributed by atoms with Crippen LogP contribution in [0.15, 0.2) is 42.5 Å². The van der Waals surface area contributed by atoms with Crippen LogP contribution < -0.4 is 11.1 Å². The van der Waals surface area contributed by atoms with Gasteiger partial charge in [0.1, 0.15) is 0 Å². The van der Waals surface area contributed by atoms with Crippen LogP contribution in [0.4, 0.5) is 4.79 Å². The van der Waals surface area contributed by atoms with Gasteiger partial charge in [-0.15, -0.1) is 0 Å². The van der Waals surface area contributed by atoms with E-state index in [1.54, 1.807) is 0 Å². The molecular formula is C13H12N2O2. The summed E-state index contributed by atoms with van der Waals surface area (Å²) in [5.41, 5.74) is 5.77. The Balaban J connectivity index is 2.30. The van der Waals surface area contributed by atoms with Gasteiger partial charge in [-0.3, -0.25) is 10.1 Å². The molecule has 0 aliphatic rings. The van der Waals surface area contributed by atoms with Crippen LogP contribution in [0.2, 0.25) is 0 Å². The lowest BCUT2D eigenvalue weighted by atomic mass is 10.0. The fourth-order valence-electron chi connectivity index (χ4n) is 1.80. The van der Waals surface area contributed by atoms with E-state index in [9.17, 15) is 9.59 Å². The molecule has 0 saturated heterocycles. The van der Waals surface area contributed by atoms with Crippen molar-refractivity contribution in [2.24, 2.45) is 5.73 Å². The Kier molecular flexibility index (Phi) is 3.05. The smallest absolute Gasteiger partial charge is 0.318 e. The fourth-order valence-corrected chi connectivity index (χ4v) is 1.80. The van der Waals surface area contributed by atoms with Gasteiger partial charge >= 0.3 is 6.03 Å². The molecule has 4 heteroatoms. The van der Waals surface area contributed by atoms with E-state index in [2.05, 4.69) is 5.32 Å². The quantitative estimate of drug-likeness (QED) is 0.819. The van der Waals surface area contributed by atoms with Gasteiger partial charge in [0.25, 0.3) is 0 Å². The highest BCUT2D eigenvalue weighted by Gasteiger charge is 2.07. The molecule has 2 rings (SSSR count). The summed E-state index contributed by atoms with van der Waals surface area (Å²) in [7, 11) is 0. The van der Waals surface area contributed by atoms with Crippen LogP contribution >= 0.6 is 0 Å². The van der Waals surface area contributed by atoms with E-state index >= 15 is 0 Å². The number of rotatable bonds is 2. The third kappa shape index (κ3) is 2.60. The first-order valence-corrected chi connectivity index (χ1v) is 5.23. The maximum atomic E-state index is 11.5. The number of primary amides is 1. The van der Waals surface area contributed by atoms with Crippen molar-refractivity contribution in [3.8, 4) is 0 Å². The van der Waals surface area contributed by atoms with Gasteiger partial charge in [0.15, 0.2) is 0 Å². The Labute approximate surface area is 98.4 Å². The Morgan fingerprint density at radius 2 is 1.76 bits per heavy atom. The first-order valence-electron chi connectivity index (χ1n) is 5.23. The van der Waals surface area contributed by atoms with Crippen molar-refractivity contribution in [2.75, 3.05) is 0 Å². The number of amides is 3. The van der Waals surface area contributed by atoms with Gasteiger partial charge in [0.2, 0.25) is 5.91 Å². The zero-order valence-corrected chi connectivity index (χ0v) is 9.14. The first kappa shape index (κ1) is 11.1. The molecule has 2 aromatic rings. The minimum Gasteiger partial charge on any atom is -0.351 e. The van der Waals surface area contributed by atoms with Gasteiger partial charge in [-0.25, -0.2) is 4.79 Å². The Morgan fingerprint density at radius 3 is 2.53 bits per heavy atom. The highest BCUT2D eigenvalue weighted by Crippen LogP contribution is 2.18. The highest BCUT2D eigenvalue weighted by molar-refractivity contribution is 5.97. The zero-order chi connectivity index (χ0) is 12.3. The number of benzene rings is 2. The summed E-state index contributed by atoms with van der Waals surface area (Å²) in [6.07, 6.45) is 0.143.